The molecular weight excluding hydrogens is 384 g/mol. The van der Waals surface area contributed by atoms with Gasteiger partial charge in [0.2, 0.25) is 0 Å². The van der Waals surface area contributed by atoms with Gasteiger partial charge >= 0.3 is 6.03 Å². The highest BCUT2D eigenvalue weighted by molar-refractivity contribution is 9.10. The molecule has 2 N–H and O–H groups in total. The number of aromatic hydroxyl groups is 1. The zero-order valence-electron chi connectivity index (χ0n) is 11.6. The Kier molecular flexibility index (Phi) is 4.11. The molecule has 0 atom stereocenters. The zero-order valence-corrected chi connectivity index (χ0v) is 13.9. The minimum absolute atomic E-state index is 0.0586. The van der Waals surface area contributed by atoms with Gasteiger partial charge in [0.1, 0.15) is 11.4 Å². The van der Waals surface area contributed by atoms with Gasteiger partial charge in [0.05, 0.1) is 10.7 Å². The third-order valence-corrected chi connectivity index (χ3v) is 4.00. The first-order valence-electron chi connectivity index (χ1n) is 6.57. The maximum Gasteiger partial charge on any atom is 0.333 e. The van der Waals surface area contributed by atoms with Crippen molar-refractivity contribution >= 4 is 51.2 Å². The summed E-state index contributed by atoms with van der Waals surface area (Å²) in [6.07, 6.45) is 1.38. The molecule has 0 aliphatic carbocycles. The first-order valence-corrected chi connectivity index (χ1v) is 7.74. The van der Waals surface area contributed by atoms with Gasteiger partial charge in [-0.05, 0) is 30.3 Å². The normalized spacial score (nSPS) is 16.1. The topological polar surface area (TPSA) is 69.6 Å². The molecule has 0 bridgehead atoms. The highest BCUT2D eigenvalue weighted by atomic mass is 79.9. The van der Waals surface area contributed by atoms with Gasteiger partial charge in [-0.2, -0.15) is 0 Å². The Balaban J connectivity index is 2.00. The Hall–Kier alpha value is -2.31. The van der Waals surface area contributed by atoms with E-state index in [1.807, 2.05) is 0 Å². The van der Waals surface area contributed by atoms with Gasteiger partial charge in [-0.1, -0.05) is 45.7 Å². The van der Waals surface area contributed by atoms with Gasteiger partial charge in [0.25, 0.3) is 5.91 Å². The number of hydrogen-bond acceptors (Lipinski definition) is 3. The molecule has 1 aliphatic rings. The second-order valence-electron chi connectivity index (χ2n) is 4.79. The Morgan fingerprint density at radius 3 is 2.57 bits per heavy atom. The number of hydrogen-bond donors (Lipinski definition) is 2. The highest BCUT2D eigenvalue weighted by Crippen LogP contribution is 2.33. The number of amides is 3. The third-order valence-electron chi connectivity index (χ3n) is 3.25. The smallest absolute Gasteiger partial charge is 0.333 e. The first-order chi connectivity index (χ1) is 11.0. The van der Waals surface area contributed by atoms with Crippen molar-refractivity contribution in [2.45, 2.75) is 0 Å². The molecule has 2 aromatic carbocycles. The van der Waals surface area contributed by atoms with E-state index in [1.165, 1.54) is 12.1 Å². The van der Waals surface area contributed by atoms with E-state index in [1.54, 1.807) is 36.4 Å². The van der Waals surface area contributed by atoms with Crippen LogP contribution in [0.5, 0.6) is 5.75 Å². The summed E-state index contributed by atoms with van der Waals surface area (Å²) in [4.78, 5) is 25.5. The summed E-state index contributed by atoms with van der Waals surface area (Å²) >= 11 is 9.17. The van der Waals surface area contributed by atoms with Crippen LogP contribution in [0.25, 0.3) is 6.08 Å². The number of imide groups is 1. The molecule has 3 rings (SSSR count). The van der Waals surface area contributed by atoms with E-state index in [4.69, 9.17) is 11.6 Å². The standard InChI is InChI=1S/C16H10BrClN2O3/c17-10-6-9(14(21)12(18)8-10)7-13-15(22)20(16(23)19-13)11-4-2-1-3-5-11/h1-8,21H,(H,19,23)/b13-7-. The summed E-state index contributed by atoms with van der Waals surface area (Å²) in [5, 5.41) is 12.6. The lowest BCUT2D eigenvalue weighted by molar-refractivity contribution is -0.113. The monoisotopic (exact) mass is 392 g/mol. The highest BCUT2D eigenvalue weighted by Gasteiger charge is 2.34. The average Bonchev–Trinajstić information content (AvgIpc) is 2.79. The van der Waals surface area contributed by atoms with Gasteiger partial charge in [-0.15, -0.1) is 0 Å². The largest absolute Gasteiger partial charge is 0.506 e. The maximum atomic E-state index is 12.4. The number of carbonyl (C=O) groups excluding carboxylic acids is 2. The molecule has 1 saturated heterocycles. The molecule has 5 nitrogen and oxygen atoms in total. The third kappa shape index (κ3) is 2.95. The number of urea groups is 1. The van der Waals surface area contributed by atoms with Crippen LogP contribution in [-0.4, -0.2) is 17.0 Å². The summed E-state index contributed by atoms with van der Waals surface area (Å²) < 4.78 is 0.642. The van der Waals surface area contributed by atoms with E-state index in [0.717, 1.165) is 4.90 Å². The van der Waals surface area contributed by atoms with Gasteiger partial charge < -0.3 is 10.4 Å². The van der Waals surface area contributed by atoms with E-state index < -0.39 is 11.9 Å². The fourth-order valence-corrected chi connectivity index (χ4v) is 3.03. The summed E-state index contributed by atoms with van der Waals surface area (Å²) in [6.45, 7) is 0. The lowest BCUT2D eigenvalue weighted by atomic mass is 10.1. The second kappa shape index (κ2) is 6.06. The van der Waals surface area contributed by atoms with Crippen molar-refractivity contribution in [3.05, 3.63) is 63.2 Å². The number of benzene rings is 2. The fourth-order valence-electron chi connectivity index (χ4n) is 2.20. The van der Waals surface area contributed by atoms with E-state index >= 15 is 0 Å². The summed E-state index contributed by atoms with van der Waals surface area (Å²) in [6, 6.07) is 11.2. The molecule has 0 spiro atoms. The maximum absolute atomic E-state index is 12.4. The van der Waals surface area contributed by atoms with Gasteiger partial charge in [0.15, 0.2) is 0 Å². The molecule has 23 heavy (non-hydrogen) atoms. The Morgan fingerprint density at radius 1 is 1.17 bits per heavy atom. The van der Waals surface area contributed by atoms with E-state index in [9.17, 15) is 14.7 Å². The van der Waals surface area contributed by atoms with E-state index in [0.29, 0.717) is 15.7 Å². The van der Waals surface area contributed by atoms with Crippen LogP contribution in [0.3, 0.4) is 0 Å². The molecule has 0 radical (unpaired) electrons. The van der Waals surface area contributed by atoms with Crippen LogP contribution in [0.4, 0.5) is 10.5 Å². The second-order valence-corrected chi connectivity index (χ2v) is 6.11. The van der Waals surface area contributed by atoms with Crippen molar-refractivity contribution in [3.8, 4) is 5.75 Å². The lowest BCUT2D eigenvalue weighted by Crippen LogP contribution is -2.30. The van der Waals surface area contributed by atoms with Crippen molar-refractivity contribution in [1.29, 1.82) is 0 Å². The number of halogens is 2. The van der Waals surface area contributed by atoms with Crippen molar-refractivity contribution < 1.29 is 14.7 Å². The van der Waals surface area contributed by atoms with Crippen molar-refractivity contribution in [2.75, 3.05) is 4.90 Å². The first kappa shape index (κ1) is 15.6. The quantitative estimate of drug-likeness (QED) is 0.600. The average molecular weight is 394 g/mol. The predicted molar refractivity (Wildman–Crippen MR) is 91.3 cm³/mol. The molecule has 0 unspecified atom stereocenters. The van der Waals surface area contributed by atoms with Gasteiger partial charge in [-0.3, -0.25) is 4.79 Å². The van der Waals surface area contributed by atoms with Crippen LogP contribution in [0.15, 0.2) is 52.6 Å². The van der Waals surface area contributed by atoms with Crippen molar-refractivity contribution in [2.24, 2.45) is 0 Å². The number of nitrogens with one attached hydrogen (secondary N) is 1. The lowest BCUT2D eigenvalue weighted by Gasteiger charge is -2.10. The minimum atomic E-state index is -0.548. The molecule has 1 heterocycles. The van der Waals surface area contributed by atoms with Crippen LogP contribution in [0.1, 0.15) is 5.56 Å². The van der Waals surface area contributed by atoms with E-state index in [-0.39, 0.29) is 16.5 Å². The summed E-state index contributed by atoms with van der Waals surface area (Å²) in [5.74, 6) is -0.667. The molecule has 7 heteroatoms. The molecular formula is C16H10BrClN2O3. The number of rotatable bonds is 2. The van der Waals surface area contributed by atoms with Crippen LogP contribution in [-0.2, 0) is 4.79 Å². The summed E-state index contributed by atoms with van der Waals surface area (Å²) in [7, 11) is 0. The van der Waals surface area contributed by atoms with Crippen LogP contribution in [0, 0.1) is 0 Å². The van der Waals surface area contributed by atoms with Gasteiger partial charge in [-0.25, -0.2) is 9.69 Å². The summed E-state index contributed by atoms with van der Waals surface area (Å²) in [5.41, 5.74) is 0.848. The Morgan fingerprint density at radius 2 is 1.87 bits per heavy atom. The number of para-hydroxylation sites is 1. The number of carbonyl (C=O) groups is 2. The van der Waals surface area contributed by atoms with Crippen molar-refractivity contribution in [3.63, 3.8) is 0 Å². The SMILES string of the molecule is O=C1N/C(=C\c2cc(Br)cc(Cl)c2O)C(=O)N1c1ccccc1. The molecule has 0 saturated carbocycles. The van der Waals surface area contributed by atoms with E-state index in [2.05, 4.69) is 21.2 Å². The van der Waals surface area contributed by atoms with Crippen LogP contribution < -0.4 is 10.2 Å². The Labute approximate surface area is 145 Å². The van der Waals surface area contributed by atoms with Crippen LogP contribution in [0.2, 0.25) is 5.02 Å². The molecule has 1 fully saturated rings. The molecule has 0 aromatic heterocycles. The van der Waals surface area contributed by atoms with Gasteiger partial charge in [0, 0.05) is 10.0 Å². The fraction of sp³-hybridized carbons (Fsp3) is 0. The minimum Gasteiger partial charge on any atom is -0.506 e. The molecule has 2 aromatic rings. The number of phenols is 1. The van der Waals surface area contributed by atoms with Crippen LogP contribution >= 0.6 is 27.5 Å². The number of anilines is 1. The Bertz CT molecular complexity index is 837. The molecule has 3 amide bonds. The number of phenolic OH excluding ortho intramolecular Hbond substituents is 1. The zero-order chi connectivity index (χ0) is 16.6. The van der Waals surface area contributed by atoms with Crippen molar-refractivity contribution in [1.82, 2.24) is 5.32 Å². The molecule has 116 valence electrons. The molecule has 1 aliphatic heterocycles. The number of nitrogens with zero attached hydrogens (tertiary/aromatic N) is 1. The predicted octanol–water partition coefficient (Wildman–Crippen LogP) is 3.91.